The average Bonchev–Trinajstić information content (AvgIpc) is 3.41. The summed E-state index contributed by atoms with van der Waals surface area (Å²) in [6, 6.07) is 8.85. The lowest BCUT2D eigenvalue weighted by atomic mass is 10.1. The number of fused-ring (bicyclic) bond motifs is 1. The van der Waals surface area contributed by atoms with Gasteiger partial charge in [-0.25, -0.2) is 12.8 Å². The van der Waals surface area contributed by atoms with Crippen molar-refractivity contribution in [3.05, 3.63) is 65.0 Å². The lowest BCUT2D eigenvalue weighted by molar-refractivity contribution is 0.0937. The van der Waals surface area contributed by atoms with Crippen LogP contribution in [-0.2, 0) is 9.84 Å². The smallest absolute Gasteiger partial charge is 0.254 e. The van der Waals surface area contributed by atoms with Gasteiger partial charge in [0.2, 0.25) is 0 Å². The first-order valence-electron chi connectivity index (χ1n) is 9.46. The first-order valence-corrected chi connectivity index (χ1v) is 12.2. The van der Waals surface area contributed by atoms with E-state index in [9.17, 15) is 17.6 Å². The first-order chi connectivity index (χ1) is 14.8. The van der Waals surface area contributed by atoms with Crippen LogP contribution in [0.25, 0.3) is 22.2 Å². The Morgan fingerprint density at radius 2 is 1.94 bits per heavy atom. The van der Waals surface area contributed by atoms with Crippen molar-refractivity contribution in [2.24, 2.45) is 0 Å². The summed E-state index contributed by atoms with van der Waals surface area (Å²) in [6.07, 6.45) is 4.76. The summed E-state index contributed by atoms with van der Waals surface area (Å²) < 4.78 is 37.1. The summed E-state index contributed by atoms with van der Waals surface area (Å²) in [4.78, 5) is 18.2. The van der Waals surface area contributed by atoms with Crippen molar-refractivity contribution in [3.8, 4) is 11.3 Å². The van der Waals surface area contributed by atoms with E-state index in [0.717, 1.165) is 22.5 Å². The summed E-state index contributed by atoms with van der Waals surface area (Å²) in [6.45, 7) is 1.91. The van der Waals surface area contributed by atoms with Crippen molar-refractivity contribution >= 4 is 38.0 Å². The minimum atomic E-state index is -3.30. The molecule has 1 amide bonds. The zero-order chi connectivity index (χ0) is 22.2. The van der Waals surface area contributed by atoms with Gasteiger partial charge in [0.25, 0.3) is 5.91 Å². The third-order valence-corrected chi connectivity index (χ3v) is 7.89. The standard InChI is InChI=1S/C21H19FN4O3S2/c1-3-16(17-8-9-18(30-17)31(2,28)29)25-21(27)15-10-23-19(20-14(15)11-24-26-20)12-4-6-13(22)7-5-12/h4-11,16H,3H2,1-2H3,(H,24,26)(H,25,27)/t16-/m0/s1. The maximum atomic E-state index is 13.3. The molecule has 1 atom stereocenters. The first kappa shape index (κ1) is 21.1. The predicted molar refractivity (Wildman–Crippen MR) is 117 cm³/mol. The molecule has 0 bridgehead atoms. The second-order valence-corrected chi connectivity index (χ2v) is 10.4. The number of carbonyl (C=O) groups excluding carboxylic acids is 1. The molecule has 0 saturated heterocycles. The van der Waals surface area contributed by atoms with Gasteiger partial charge in [-0.05, 0) is 42.8 Å². The van der Waals surface area contributed by atoms with Crippen molar-refractivity contribution in [1.82, 2.24) is 20.5 Å². The van der Waals surface area contributed by atoms with E-state index in [1.165, 1.54) is 18.3 Å². The van der Waals surface area contributed by atoms with Crippen LogP contribution in [0.15, 0.2) is 53.0 Å². The number of nitrogens with zero attached hydrogens (tertiary/aromatic N) is 2. The van der Waals surface area contributed by atoms with Gasteiger partial charge in [-0.2, -0.15) is 5.10 Å². The van der Waals surface area contributed by atoms with E-state index in [-0.39, 0.29) is 22.0 Å². The van der Waals surface area contributed by atoms with Crippen molar-refractivity contribution in [2.45, 2.75) is 23.6 Å². The van der Waals surface area contributed by atoms with Crippen molar-refractivity contribution < 1.29 is 17.6 Å². The van der Waals surface area contributed by atoms with Gasteiger partial charge in [0, 0.05) is 28.3 Å². The minimum Gasteiger partial charge on any atom is -0.344 e. The molecule has 31 heavy (non-hydrogen) atoms. The van der Waals surface area contributed by atoms with Crippen LogP contribution in [0.1, 0.15) is 34.6 Å². The lowest BCUT2D eigenvalue weighted by Gasteiger charge is -2.16. The molecule has 0 radical (unpaired) electrons. The fourth-order valence-electron chi connectivity index (χ4n) is 3.27. The number of hydrogen-bond donors (Lipinski definition) is 2. The molecule has 0 unspecified atom stereocenters. The van der Waals surface area contributed by atoms with Crippen LogP contribution in [0.5, 0.6) is 0 Å². The molecule has 0 aliphatic carbocycles. The van der Waals surface area contributed by atoms with Crippen molar-refractivity contribution in [3.63, 3.8) is 0 Å². The molecule has 0 fully saturated rings. The van der Waals surface area contributed by atoms with E-state index in [1.54, 1.807) is 30.5 Å². The molecule has 0 saturated carbocycles. The molecular weight excluding hydrogens is 439 g/mol. The highest BCUT2D eigenvalue weighted by atomic mass is 32.2. The Bertz CT molecular complexity index is 1360. The number of nitrogens with one attached hydrogen (secondary N) is 2. The number of amides is 1. The Morgan fingerprint density at radius 3 is 2.58 bits per heavy atom. The van der Waals surface area contributed by atoms with E-state index < -0.39 is 9.84 Å². The van der Waals surface area contributed by atoms with Gasteiger partial charge in [-0.1, -0.05) is 6.92 Å². The van der Waals surface area contributed by atoms with E-state index in [4.69, 9.17) is 0 Å². The molecule has 3 aromatic heterocycles. The van der Waals surface area contributed by atoms with Crippen molar-refractivity contribution in [2.75, 3.05) is 6.26 Å². The van der Waals surface area contributed by atoms with Gasteiger partial charge >= 0.3 is 0 Å². The summed E-state index contributed by atoms with van der Waals surface area (Å²) >= 11 is 1.15. The largest absolute Gasteiger partial charge is 0.344 e. The van der Waals surface area contributed by atoms with Crippen LogP contribution >= 0.6 is 11.3 Å². The summed E-state index contributed by atoms with van der Waals surface area (Å²) in [5.74, 6) is -0.690. The molecule has 0 aliphatic heterocycles. The Labute approximate surface area is 182 Å². The zero-order valence-electron chi connectivity index (χ0n) is 16.7. The topological polar surface area (TPSA) is 105 Å². The van der Waals surface area contributed by atoms with Crippen LogP contribution in [0.4, 0.5) is 4.39 Å². The highest BCUT2D eigenvalue weighted by Crippen LogP contribution is 2.30. The molecule has 1 aromatic carbocycles. The Morgan fingerprint density at radius 1 is 1.19 bits per heavy atom. The number of carbonyl (C=O) groups is 1. The number of aromatic nitrogens is 3. The van der Waals surface area contributed by atoms with E-state index in [0.29, 0.717) is 34.1 Å². The summed E-state index contributed by atoms with van der Waals surface area (Å²) in [5.41, 5.74) is 2.17. The number of aromatic amines is 1. The number of sulfone groups is 1. The van der Waals surface area contributed by atoms with Gasteiger partial charge < -0.3 is 5.32 Å². The Balaban J connectivity index is 1.65. The highest BCUT2D eigenvalue weighted by Gasteiger charge is 2.21. The second kappa shape index (κ2) is 8.20. The molecular formula is C21H19FN4O3S2. The normalized spacial score (nSPS) is 12.7. The Hall–Kier alpha value is -3.11. The van der Waals surface area contributed by atoms with Gasteiger partial charge in [0.05, 0.1) is 29.0 Å². The quantitative estimate of drug-likeness (QED) is 0.452. The molecule has 4 rings (SSSR count). The number of halogens is 1. The fraction of sp³-hybridized carbons (Fsp3) is 0.190. The second-order valence-electron chi connectivity index (χ2n) is 7.05. The van der Waals surface area contributed by atoms with Gasteiger partial charge in [-0.15, -0.1) is 11.3 Å². The third kappa shape index (κ3) is 4.21. The SMILES string of the molecule is CC[C@H](NC(=O)c1cnc(-c2ccc(F)cc2)c2[nH]ncc12)c1ccc(S(C)(=O)=O)s1. The van der Waals surface area contributed by atoms with E-state index in [1.807, 2.05) is 6.92 Å². The Kier molecular flexibility index (Phi) is 5.59. The minimum absolute atomic E-state index is 0.262. The zero-order valence-corrected chi connectivity index (χ0v) is 18.3. The molecule has 10 heteroatoms. The number of H-pyrrole nitrogens is 1. The fourth-order valence-corrected chi connectivity index (χ4v) is 5.35. The number of rotatable bonds is 6. The number of benzene rings is 1. The maximum absolute atomic E-state index is 13.3. The molecule has 0 aliphatic rings. The van der Waals surface area contributed by atoms with Crippen LogP contribution in [-0.4, -0.2) is 35.8 Å². The predicted octanol–water partition coefficient (Wildman–Crippen LogP) is 4.11. The number of pyridine rings is 1. The number of hydrogen-bond acceptors (Lipinski definition) is 6. The van der Waals surface area contributed by atoms with E-state index >= 15 is 0 Å². The van der Waals surface area contributed by atoms with E-state index in [2.05, 4.69) is 20.5 Å². The van der Waals surface area contributed by atoms with Crippen LogP contribution in [0, 0.1) is 5.82 Å². The van der Waals surface area contributed by atoms with Crippen LogP contribution in [0.3, 0.4) is 0 Å². The van der Waals surface area contributed by atoms with Gasteiger partial charge in [0.15, 0.2) is 9.84 Å². The van der Waals surface area contributed by atoms with Gasteiger partial charge in [0.1, 0.15) is 10.0 Å². The third-order valence-electron chi connectivity index (χ3n) is 4.88. The van der Waals surface area contributed by atoms with Crippen LogP contribution in [0.2, 0.25) is 0 Å². The van der Waals surface area contributed by atoms with Crippen molar-refractivity contribution in [1.29, 1.82) is 0 Å². The molecule has 7 nitrogen and oxygen atoms in total. The average molecular weight is 459 g/mol. The summed E-state index contributed by atoms with van der Waals surface area (Å²) in [5, 5.41) is 10.5. The molecule has 0 spiro atoms. The van der Waals surface area contributed by atoms with Gasteiger partial charge in [-0.3, -0.25) is 14.9 Å². The number of thiophene rings is 1. The lowest BCUT2D eigenvalue weighted by Crippen LogP contribution is -2.28. The van der Waals surface area contributed by atoms with Crippen LogP contribution < -0.4 is 5.32 Å². The monoisotopic (exact) mass is 458 g/mol. The molecule has 3 heterocycles. The summed E-state index contributed by atoms with van der Waals surface area (Å²) in [7, 11) is -3.30. The maximum Gasteiger partial charge on any atom is 0.254 e. The highest BCUT2D eigenvalue weighted by molar-refractivity contribution is 7.92. The molecule has 160 valence electrons. The molecule has 2 N–H and O–H groups in total. The molecule has 4 aromatic rings.